The molecule has 2 aromatic rings. The zero-order valence-electron chi connectivity index (χ0n) is 10.2. The summed E-state index contributed by atoms with van der Waals surface area (Å²) >= 11 is 5.95. The molecule has 0 saturated heterocycles. The molecule has 1 aromatic heterocycles. The van der Waals surface area contributed by atoms with Gasteiger partial charge in [-0.15, -0.1) is 0 Å². The van der Waals surface area contributed by atoms with Gasteiger partial charge >= 0.3 is 0 Å². The summed E-state index contributed by atoms with van der Waals surface area (Å²) in [4.78, 5) is 8.89. The zero-order chi connectivity index (χ0) is 13.0. The van der Waals surface area contributed by atoms with Gasteiger partial charge in [-0.3, -0.25) is 4.98 Å². The summed E-state index contributed by atoms with van der Waals surface area (Å²) in [7, 11) is 0. The summed E-state index contributed by atoms with van der Waals surface area (Å²) in [6.45, 7) is 2.62. The summed E-state index contributed by atoms with van der Waals surface area (Å²) in [5, 5.41) is 5.17. The van der Waals surface area contributed by atoms with Crippen LogP contribution >= 0.6 is 11.6 Å². The molecule has 1 unspecified atom stereocenters. The largest absolute Gasteiger partial charge is 0.382 e. The smallest absolute Gasteiger partial charge is 0.0737 e. The van der Waals surface area contributed by atoms with Crippen molar-refractivity contribution >= 4 is 28.2 Å². The maximum absolute atomic E-state index is 5.95. The predicted molar refractivity (Wildman–Crippen MR) is 74.6 cm³/mol. The van der Waals surface area contributed by atoms with E-state index in [1.807, 2.05) is 24.3 Å². The molecule has 0 radical (unpaired) electrons. The molecule has 0 amide bonds. The number of anilines is 1. The fourth-order valence-electron chi connectivity index (χ4n) is 1.83. The van der Waals surface area contributed by atoms with Crippen molar-refractivity contribution in [3.05, 3.63) is 35.5 Å². The number of pyridine rings is 1. The van der Waals surface area contributed by atoms with Gasteiger partial charge in [0.25, 0.3) is 0 Å². The van der Waals surface area contributed by atoms with E-state index in [0.29, 0.717) is 11.6 Å². The summed E-state index contributed by atoms with van der Waals surface area (Å²) in [6, 6.07) is 7.92. The molecule has 1 atom stereocenters. The molecule has 3 N–H and O–H groups in total. The van der Waals surface area contributed by atoms with E-state index in [1.165, 1.54) is 0 Å². The molecule has 5 heteroatoms. The molecule has 0 aliphatic rings. The van der Waals surface area contributed by atoms with E-state index in [9.17, 15) is 0 Å². The van der Waals surface area contributed by atoms with Crippen molar-refractivity contribution in [3.8, 4) is 0 Å². The Morgan fingerprint density at radius 3 is 3.06 bits per heavy atom. The molecule has 0 bridgehead atoms. The van der Waals surface area contributed by atoms with Crippen LogP contribution in [0.15, 0.2) is 30.5 Å². The highest BCUT2D eigenvalue weighted by molar-refractivity contribution is 6.31. The molecule has 0 aliphatic heterocycles. The van der Waals surface area contributed by atoms with Crippen LogP contribution in [0.1, 0.15) is 13.3 Å². The Labute approximate surface area is 111 Å². The molecule has 0 spiro atoms. The molecule has 18 heavy (non-hydrogen) atoms. The fourth-order valence-corrected chi connectivity index (χ4v) is 2.00. The second-order valence-corrected chi connectivity index (χ2v) is 4.66. The van der Waals surface area contributed by atoms with Crippen molar-refractivity contribution in [1.82, 2.24) is 4.98 Å². The number of rotatable bonds is 5. The second-order valence-electron chi connectivity index (χ2n) is 4.22. The van der Waals surface area contributed by atoms with Crippen molar-refractivity contribution in [2.75, 3.05) is 11.9 Å². The number of nitrogens with two attached hydrogens (primary N) is 1. The predicted octanol–water partition coefficient (Wildman–Crippen LogP) is 2.97. The van der Waals surface area contributed by atoms with Gasteiger partial charge in [-0.05, 0) is 37.6 Å². The summed E-state index contributed by atoms with van der Waals surface area (Å²) in [5.74, 6) is 5.02. The van der Waals surface area contributed by atoms with Crippen LogP contribution < -0.4 is 11.2 Å². The fraction of sp³-hybridized carbons (Fsp3) is 0.308. The molecule has 2 rings (SSSR count). The molecular weight excluding hydrogens is 250 g/mol. The Bertz CT molecular complexity index is 533. The third-order valence-electron chi connectivity index (χ3n) is 2.78. The first-order valence-corrected chi connectivity index (χ1v) is 6.21. The Morgan fingerprint density at radius 1 is 1.44 bits per heavy atom. The monoisotopic (exact) mass is 265 g/mol. The van der Waals surface area contributed by atoms with Crippen molar-refractivity contribution in [3.63, 3.8) is 0 Å². The van der Waals surface area contributed by atoms with Gasteiger partial charge in [-0.25, -0.2) is 5.90 Å². The van der Waals surface area contributed by atoms with Crippen LogP contribution in [0.25, 0.3) is 10.9 Å². The molecular formula is C13H16ClN3O. The minimum Gasteiger partial charge on any atom is -0.382 e. The number of hydrogen-bond donors (Lipinski definition) is 2. The van der Waals surface area contributed by atoms with Crippen LogP contribution in [-0.4, -0.2) is 17.6 Å². The highest BCUT2D eigenvalue weighted by Crippen LogP contribution is 2.25. The lowest BCUT2D eigenvalue weighted by Crippen LogP contribution is -2.18. The lowest BCUT2D eigenvalue weighted by Gasteiger charge is -2.16. The third-order valence-corrected chi connectivity index (χ3v) is 3.01. The lowest BCUT2D eigenvalue weighted by atomic mass is 10.1. The van der Waals surface area contributed by atoms with Crippen molar-refractivity contribution in [2.24, 2.45) is 5.90 Å². The standard InChI is InChI=1S/C13H16ClN3O/c1-9(5-7-18-15)17-12-4-6-16-13-8-10(14)2-3-11(12)13/h2-4,6,8-9H,5,7,15H2,1H3,(H,16,17). The van der Waals surface area contributed by atoms with Gasteiger partial charge in [-0.1, -0.05) is 11.6 Å². The van der Waals surface area contributed by atoms with Crippen LogP contribution in [0.3, 0.4) is 0 Å². The van der Waals surface area contributed by atoms with E-state index in [0.717, 1.165) is 23.0 Å². The molecule has 1 heterocycles. The zero-order valence-corrected chi connectivity index (χ0v) is 10.9. The van der Waals surface area contributed by atoms with Crippen LogP contribution in [0.5, 0.6) is 0 Å². The SMILES string of the molecule is CC(CCON)Nc1ccnc2cc(Cl)ccc12. The number of nitrogens with zero attached hydrogens (tertiary/aromatic N) is 1. The van der Waals surface area contributed by atoms with Gasteiger partial charge in [-0.2, -0.15) is 0 Å². The summed E-state index contributed by atoms with van der Waals surface area (Å²) in [5.41, 5.74) is 1.93. The van der Waals surface area contributed by atoms with Gasteiger partial charge < -0.3 is 10.2 Å². The minimum absolute atomic E-state index is 0.273. The average Bonchev–Trinajstić information content (AvgIpc) is 2.36. The Morgan fingerprint density at radius 2 is 2.28 bits per heavy atom. The maximum Gasteiger partial charge on any atom is 0.0737 e. The molecule has 96 valence electrons. The van der Waals surface area contributed by atoms with Crippen molar-refractivity contribution in [2.45, 2.75) is 19.4 Å². The number of halogens is 1. The quantitative estimate of drug-likeness (QED) is 0.816. The number of benzene rings is 1. The second kappa shape index (κ2) is 6.00. The third kappa shape index (κ3) is 3.10. The average molecular weight is 266 g/mol. The molecule has 0 aliphatic carbocycles. The van der Waals surface area contributed by atoms with E-state index in [-0.39, 0.29) is 6.04 Å². The molecule has 4 nitrogen and oxygen atoms in total. The van der Waals surface area contributed by atoms with E-state index in [2.05, 4.69) is 22.1 Å². The first-order valence-electron chi connectivity index (χ1n) is 5.83. The summed E-state index contributed by atoms with van der Waals surface area (Å²) in [6.07, 6.45) is 2.61. The van der Waals surface area contributed by atoms with Crippen LogP contribution in [0.2, 0.25) is 5.02 Å². The first kappa shape index (κ1) is 13.1. The van der Waals surface area contributed by atoms with Gasteiger partial charge in [0.05, 0.1) is 12.1 Å². The lowest BCUT2D eigenvalue weighted by molar-refractivity contribution is 0.133. The van der Waals surface area contributed by atoms with Crippen LogP contribution in [-0.2, 0) is 4.84 Å². The van der Waals surface area contributed by atoms with Gasteiger partial charge in [0.1, 0.15) is 0 Å². The van der Waals surface area contributed by atoms with Gasteiger partial charge in [0.2, 0.25) is 0 Å². The van der Waals surface area contributed by atoms with Crippen LogP contribution in [0.4, 0.5) is 5.69 Å². The Hall–Kier alpha value is -1.36. The molecule has 0 fully saturated rings. The van der Waals surface area contributed by atoms with E-state index in [1.54, 1.807) is 6.20 Å². The van der Waals surface area contributed by atoms with Crippen LogP contribution in [0, 0.1) is 0 Å². The number of fused-ring (bicyclic) bond motifs is 1. The first-order chi connectivity index (χ1) is 8.70. The maximum atomic E-state index is 5.95. The van der Waals surface area contributed by atoms with Gasteiger partial charge in [0.15, 0.2) is 0 Å². The normalized spacial score (nSPS) is 12.6. The number of aromatic nitrogens is 1. The number of nitrogens with one attached hydrogen (secondary N) is 1. The van der Waals surface area contributed by atoms with Crippen molar-refractivity contribution < 1.29 is 4.84 Å². The van der Waals surface area contributed by atoms with E-state index >= 15 is 0 Å². The molecule has 0 saturated carbocycles. The Kier molecular flexibility index (Phi) is 4.36. The van der Waals surface area contributed by atoms with E-state index < -0.39 is 0 Å². The molecule has 1 aromatic carbocycles. The minimum atomic E-state index is 0.273. The topological polar surface area (TPSA) is 60.2 Å². The highest BCUT2D eigenvalue weighted by atomic mass is 35.5. The highest BCUT2D eigenvalue weighted by Gasteiger charge is 2.06. The van der Waals surface area contributed by atoms with E-state index in [4.69, 9.17) is 17.5 Å². The number of hydrogen-bond acceptors (Lipinski definition) is 4. The van der Waals surface area contributed by atoms with Gasteiger partial charge in [0, 0.05) is 28.3 Å². The summed E-state index contributed by atoms with van der Waals surface area (Å²) < 4.78 is 0. The Balaban J connectivity index is 2.22. The van der Waals surface area contributed by atoms with Crippen molar-refractivity contribution in [1.29, 1.82) is 0 Å².